The number of ether oxygens (including phenoxy) is 1. The summed E-state index contributed by atoms with van der Waals surface area (Å²) in [6.45, 7) is 13.6. The Bertz CT molecular complexity index is 1010. The SMILES string of the molecule is CCN(CC)CCN(C(=O)c1cc(C)n(C(C)C)n1)c1nc2ccc(OC)cc2s1. The molecule has 1 amide bonds. The van der Waals surface area contributed by atoms with Crippen LogP contribution >= 0.6 is 11.3 Å². The molecule has 0 radical (unpaired) electrons. The zero-order valence-corrected chi connectivity index (χ0v) is 19.5. The fraction of sp³-hybridized carbons (Fsp3) is 0.500. The van der Waals surface area contributed by atoms with Crippen molar-refractivity contribution >= 4 is 32.6 Å². The van der Waals surface area contributed by atoms with Crippen LogP contribution in [0.1, 0.15) is 49.9 Å². The minimum atomic E-state index is -0.115. The summed E-state index contributed by atoms with van der Waals surface area (Å²) in [5, 5.41) is 5.26. The lowest BCUT2D eigenvalue weighted by Gasteiger charge is -2.24. The van der Waals surface area contributed by atoms with Gasteiger partial charge in [-0.25, -0.2) is 4.98 Å². The van der Waals surface area contributed by atoms with Crippen molar-refractivity contribution in [1.29, 1.82) is 0 Å². The van der Waals surface area contributed by atoms with Crippen LogP contribution in [-0.4, -0.2) is 58.9 Å². The third-order valence-corrected chi connectivity index (χ3v) is 6.27. The van der Waals surface area contributed by atoms with Crippen LogP contribution < -0.4 is 9.64 Å². The van der Waals surface area contributed by atoms with E-state index < -0.39 is 0 Å². The van der Waals surface area contributed by atoms with Gasteiger partial charge in [-0.3, -0.25) is 14.4 Å². The molecular formula is C22H31N5O2S. The van der Waals surface area contributed by atoms with Gasteiger partial charge in [-0.15, -0.1) is 0 Å². The molecule has 30 heavy (non-hydrogen) atoms. The highest BCUT2D eigenvalue weighted by atomic mass is 32.1. The van der Waals surface area contributed by atoms with Crippen LogP contribution in [0.3, 0.4) is 0 Å². The number of hydrogen-bond donors (Lipinski definition) is 0. The van der Waals surface area contributed by atoms with Crippen molar-refractivity contribution in [3.8, 4) is 5.75 Å². The van der Waals surface area contributed by atoms with Gasteiger partial charge in [-0.05, 0) is 58.1 Å². The van der Waals surface area contributed by atoms with Gasteiger partial charge < -0.3 is 9.64 Å². The van der Waals surface area contributed by atoms with E-state index in [-0.39, 0.29) is 11.9 Å². The molecule has 0 atom stereocenters. The number of likely N-dealkylation sites (N-methyl/N-ethyl adjacent to an activating group) is 1. The summed E-state index contributed by atoms with van der Waals surface area (Å²) < 4.78 is 8.22. The van der Waals surface area contributed by atoms with E-state index in [4.69, 9.17) is 9.72 Å². The second-order valence-corrected chi connectivity index (χ2v) is 8.53. The smallest absolute Gasteiger partial charge is 0.280 e. The van der Waals surface area contributed by atoms with Crippen molar-refractivity contribution in [3.05, 3.63) is 35.7 Å². The molecular weight excluding hydrogens is 398 g/mol. The molecule has 2 heterocycles. The van der Waals surface area contributed by atoms with Crippen molar-refractivity contribution in [3.63, 3.8) is 0 Å². The highest BCUT2D eigenvalue weighted by molar-refractivity contribution is 7.22. The van der Waals surface area contributed by atoms with E-state index in [1.807, 2.05) is 35.9 Å². The molecule has 0 aliphatic rings. The average molecular weight is 430 g/mol. The molecule has 3 aromatic rings. The molecule has 7 nitrogen and oxygen atoms in total. The van der Waals surface area contributed by atoms with Gasteiger partial charge >= 0.3 is 0 Å². The first kappa shape index (κ1) is 22.2. The highest BCUT2D eigenvalue weighted by Crippen LogP contribution is 2.32. The number of aryl methyl sites for hydroxylation is 1. The molecule has 0 unspecified atom stereocenters. The summed E-state index contributed by atoms with van der Waals surface area (Å²) in [5.74, 6) is 0.667. The van der Waals surface area contributed by atoms with E-state index in [2.05, 4.69) is 37.7 Å². The molecule has 0 bridgehead atoms. The number of benzene rings is 1. The average Bonchev–Trinajstić information content (AvgIpc) is 3.33. The lowest BCUT2D eigenvalue weighted by Crippen LogP contribution is -2.39. The summed E-state index contributed by atoms with van der Waals surface area (Å²) in [6.07, 6.45) is 0. The number of rotatable bonds is 9. The summed E-state index contributed by atoms with van der Waals surface area (Å²) in [7, 11) is 1.65. The van der Waals surface area contributed by atoms with E-state index >= 15 is 0 Å². The Balaban J connectivity index is 1.97. The van der Waals surface area contributed by atoms with Gasteiger partial charge in [-0.2, -0.15) is 5.10 Å². The zero-order valence-electron chi connectivity index (χ0n) is 18.7. The molecule has 0 aliphatic heterocycles. The predicted octanol–water partition coefficient (Wildman–Crippen LogP) is 4.38. The van der Waals surface area contributed by atoms with Crippen molar-refractivity contribution < 1.29 is 9.53 Å². The predicted molar refractivity (Wildman–Crippen MR) is 123 cm³/mol. The molecule has 0 aliphatic carbocycles. The molecule has 0 spiro atoms. The van der Waals surface area contributed by atoms with Crippen LogP contribution in [0.15, 0.2) is 24.3 Å². The second kappa shape index (κ2) is 9.57. The molecule has 0 fully saturated rings. The van der Waals surface area contributed by atoms with E-state index in [1.165, 1.54) is 11.3 Å². The van der Waals surface area contributed by atoms with Gasteiger partial charge in [0, 0.05) is 24.8 Å². The first-order chi connectivity index (χ1) is 14.4. The maximum absolute atomic E-state index is 13.5. The van der Waals surface area contributed by atoms with Crippen LogP contribution in [0.5, 0.6) is 5.75 Å². The number of fused-ring (bicyclic) bond motifs is 1. The minimum absolute atomic E-state index is 0.115. The topological polar surface area (TPSA) is 63.5 Å². The summed E-state index contributed by atoms with van der Waals surface area (Å²) in [6, 6.07) is 7.84. The van der Waals surface area contributed by atoms with E-state index in [0.29, 0.717) is 17.4 Å². The van der Waals surface area contributed by atoms with E-state index in [9.17, 15) is 4.79 Å². The third kappa shape index (κ3) is 4.65. The molecule has 0 saturated carbocycles. The lowest BCUT2D eigenvalue weighted by molar-refractivity contribution is 0.0978. The Morgan fingerprint density at radius 2 is 1.93 bits per heavy atom. The van der Waals surface area contributed by atoms with Crippen LogP contribution in [0, 0.1) is 6.92 Å². The molecule has 0 saturated heterocycles. The Morgan fingerprint density at radius 3 is 2.53 bits per heavy atom. The number of anilines is 1. The number of thiazole rings is 1. The summed E-state index contributed by atoms with van der Waals surface area (Å²) in [5.41, 5.74) is 2.30. The van der Waals surface area contributed by atoms with Gasteiger partial charge in [-0.1, -0.05) is 25.2 Å². The maximum Gasteiger partial charge on any atom is 0.280 e. The van der Waals surface area contributed by atoms with E-state index in [0.717, 1.165) is 41.3 Å². The monoisotopic (exact) mass is 429 g/mol. The zero-order chi connectivity index (χ0) is 21.8. The number of carbonyl (C=O) groups excluding carboxylic acids is 1. The molecule has 0 N–H and O–H groups in total. The van der Waals surface area contributed by atoms with Crippen molar-refractivity contribution in [1.82, 2.24) is 19.7 Å². The van der Waals surface area contributed by atoms with E-state index in [1.54, 1.807) is 12.0 Å². The number of nitrogens with zero attached hydrogens (tertiary/aromatic N) is 5. The number of carbonyl (C=O) groups is 1. The van der Waals surface area contributed by atoms with Gasteiger partial charge in [0.25, 0.3) is 5.91 Å². The normalized spacial score (nSPS) is 11.6. The van der Waals surface area contributed by atoms with Crippen molar-refractivity contribution in [2.24, 2.45) is 0 Å². The summed E-state index contributed by atoms with van der Waals surface area (Å²) >= 11 is 1.50. The first-order valence-electron chi connectivity index (χ1n) is 10.4. The van der Waals surface area contributed by atoms with Gasteiger partial charge in [0.1, 0.15) is 5.75 Å². The van der Waals surface area contributed by atoms with Gasteiger partial charge in [0.2, 0.25) is 0 Å². The van der Waals surface area contributed by atoms with Crippen LogP contribution in [0.25, 0.3) is 10.2 Å². The summed E-state index contributed by atoms with van der Waals surface area (Å²) in [4.78, 5) is 22.3. The Morgan fingerprint density at radius 1 is 1.20 bits per heavy atom. The van der Waals surface area contributed by atoms with Crippen LogP contribution in [0.4, 0.5) is 5.13 Å². The lowest BCUT2D eigenvalue weighted by atomic mass is 10.3. The largest absolute Gasteiger partial charge is 0.497 e. The highest BCUT2D eigenvalue weighted by Gasteiger charge is 2.25. The van der Waals surface area contributed by atoms with Crippen LogP contribution in [0.2, 0.25) is 0 Å². The second-order valence-electron chi connectivity index (χ2n) is 7.52. The van der Waals surface area contributed by atoms with Gasteiger partial charge in [0.15, 0.2) is 10.8 Å². The van der Waals surface area contributed by atoms with Crippen molar-refractivity contribution in [2.75, 3.05) is 38.2 Å². The van der Waals surface area contributed by atoms with Crippen LogP contribution in [-0.2, 0) is 0 Å². The molecule has 3 rings (SSSR count). The number of amides is 1. The molecule has 2 aromatic heterocycles. The Labute approximate surface area is 182 Å². The number of hydrogen-bond acceptors (Lipinski definition) is 6. The fourth-order valence-electron chi connectivity index (χ4n) is 3.45. The molecule has 1 aromatic carbocycles. The Hall–Kier alpha value is -2.45. The maximum atomic E-state index is 13.5. The van der Waals surface area contributed by atoms with Crippen molar-refractivity contribution in [2.45, 2.75) is 40.7 Å². The third-order valence-electron chi connectivity index (χ3n) is 5.23. The number of aromatic nitrogens is 3. The molecule has 162 valence electrons. The minimum Gasteiger partial charge on any atom is -0.497 e. The first-order valence-corrected chi connectivity index (χ1v) is 11.2. The number of methoxy groups -OCH3 is 1. The Kier molecular flexibility index (Phi) is 7.10. The fourth-order valence-corrected chi connectivity index (χ4v) is 4.47. The van der Waals surface area contributed by atoms with Gasteiger partial charge in [0.05, 0.1) is 17.3 Å². The molecule has 8 heteroatoms. The standard InChI is InChI=1S/C22H31N5O2S/c1-7-25(8-2)11-12-26(21(28)19-13-16(5)27(24-19)15(3)4)22-23-18-10-9-17(29-6)14-20(18)30-22/h9-10,13-15H,7-8,11-12H2,1-6H3. The quantitative estimate of drug-likeness (QED) is 0.505.